The lowest BCUT2D eigenvalue weighted by molar-refractivity contribution is -0.145. The van der Waals surface area contributed by atoms with Gasteiger partial charge in [-0.15, -0.1) is 0 Å². The van der Waals surface area contributed by atoms with Gasteiger partial charge in [-0.3, -0.25) is 9.59 Å². The zero-order chi connectivity index (χ0) is 17.8. The molecule has 1 aromatic rings. The van der Waals surface area contributed by atoms with Crippen molar-refractivity contribution in [3.05, 3.63) is 23.8 Å². The van der Waals surface area contributed by atoms with Gasteiger partial charge >= 0.3 is 5.97 Å². The van der Waals surface area contributed by atoms with Crippen molar-refractivity contribution in [1.82, 2.24) is 4.90 Å². The average molecular weight is 347 g/mol. The molecule has 25 heavy (non-hydrogen) atoms. The highest BCUT2D eigenvalue weighted by atomic mass is 16.5. The molecule has 3 rings (SSSR count). The van der Waals surface area contributed by atoms with Crippen molar-refractivity contribution in [2.24, 2.45) is 5.92 Å². The number of amides is 1. The van der Waals surface area contributed by atoms with Crippen LogP contribution < -0.4 is 9.47 Å². The highest BCUT2D eigenvalue weighted by Crippen LogP contribution is 2.38. The Kier molecular flexibility index (Phi) is 5.46. The maximum atomic E-state index is 12.1. The Bertz CT molecular complexity index is 626. The third-order valence-electron chi connectivity index (χ3n) is 5.21. The van der Waals surface area contributed by atoms with Gasteiger partial charge in [-0.2, -0.15) is 0 Å². The fraction of sp³-hybridized carbons (Fsp3) is 0.579. The van der Waals surface area contributed by atoms with Crippen molar-refractivity contribution in [1.29, 1.82) is 0 Å². The number of hydrogen-bond acceptors (Lipinski definition) is 5. The third kappa shape index (κ3) is 3.72. The highest BCUT2D eigenvalue weighted by molar-refractivity contribution is 5.75. The van der Waals surface area contributed by atoms with Gasteiger partial charge in [-0.1, -0.05) is 6.07 Å². The van der Waals surface area contributed by atoms with E-state index in [-0.39, 0.29) is 23.9 Å². The van der Waals surface area contributed by atoms with Crippen LogP contribution in [0.25, 0.3) is 0 Å². The number of carbonyl (C=O) groups is 2. The first-order chi connectivity index (χ1) is 12.2. The zero-order valence-electron chi connectivity index (χ0n) is 14.8. The van der Waals surface area contributed by atoms with Crippen LogP contribution in [0.4, 0.5) is 0 Å². The van der Waals surface area contributed by atoms with Crippen LogP contribution in [0.3, 0.4) is 0 Å². The second-order valence-electron chi connectivity index (χ2n) is 6.73. The van der Waals surface area contributed by atoms with Crippen molar-refractivity contribution < 1.29 is 23.8 Å². The Labute approximate surface area is 148 Å². The molecule has 1 aliphatic carbocycles. The summed E-state index contributed by atoms with van der Waals surface area (Å²) < 4.78 is 16.5. The molecule has 6 nitrogen and oxygen atoms in total. The SMILES string of the molecule is COC(=O)[C@@H]1CN(C=O)C[C@H]1c1ccc(OC)c(OC2CCCC2)c1. The second-order valence-corrected chi connectivity index (χ2v) is 6.73. The van der Waals surface area contributed by atoms with E-state index in [1.807, 2.05) is 18.2 Å². The molecular formula is C19H25NO5. The number of ether oxygens (including phenoxy) is 3. The number of benzene rings is 1. The van der Waals surface area contributed by atoms with E-state index in [9.17, 15) is 9.59 Å². The molecule has 0 aromatic heterocycles. The minimum Gasteiger partial charge on any atom is -0.493 e. The highest BCUT2D eigenvalue weighted by Gasteiger charge is 2.39. The topological polar surface area (TPSA) is 65.1 Å². The zero-order valence-corrected chi connectivity index (χ0v) is 14.8. The predicted molar refractivity (Wildman–Crippen MR) is 91.8 cm³/mol. The summed E-state index contributed by atoms with van der Waals surface area (Å²) in [5.41, 5.74) is 0.966. The molecule has 2 atom stereocenters. The largest absolute Gasteiger partial charge is 0.493 e. The van der Waals surface area contributed by atoms with Crippen LogP contribution >= 0.6 is 0 Å². The molecule has 2 fully saturated rings. The van der Waals surface area contributed by atoms with E-state index in [4.69, 9.17) is 14.2 Å². The molecule has 0 unspecified atom stereocenters. The minimum absolute atomic E-state index is 0.102. The van der Waals surface area contributed by atoms with E-state index < -0.39 is 0 Å². The Morgan fingerprint density at radius 2 is 1.92 bits per heavy atom. The number of esters is 1. The fourth-order valence-corrected chi connectivity index (χ4v) is 3.85. The first-order valence-corrected chi connectivity index (χ1v) is 8.78. The predicted octanol–water partition coefficient (Wildman–Crippen LogP) is 2.36. The van der Waals surface area contributed by atoms with E-state index in [2.05, 4.69) is 0 Å². The van der Waals surface area contributed by atoms with Crippen LogP contribution in [0.1, 0.15) is 37.2 Å². The third-order valence-corrected chi connectivity index (χ3v) is 5.21. The maximum absolute atomic E-state index is 12.1. The molecule has 1 aromatic carbocycles. The van der Waals surface area contributed by atoms with Gasteiger partial charge in [-0.05, 0) is 43.4 Å². The molecule has 2 aliphatic rings. The van der Waals surface area contributed by atoms with Crippen molar-refractivity contribution in [2.75, 3.05) is 27.3 Å². The molecular weight excluding hydrogens is 322 g/mol. The van der Waals surface area contributed by atoms with Crippen molar-refractivity contribution in [3.8, 4) is 11.5 Å². The monoisotopic (exact) mass is 347 g/mol. The lowest BCUT2D eigenvalue weighted by Crippen LogP contribution is -2.24. The van der Waals surface area contributed by atoms with Crippen LogP contribution in [0.15, 0.2) is 18.2 Å². The molecule has 0 radical (unpaired) electrons. The molecule has 0 N–H and O–H groups in total. The average Bonchev–Trinajstić information content (AvgIpc) is 3.30. The molecule has 1 heterocycles. The summed E-state index contributed by atoms with van der Waals surface area (Å²) in [7, 11) is 3.00. The van der Waals surface area contributed by atoms with Crippen molar-refractivity contribution in [2.45, 2.75) is 37.7 Å². The van der Waals surface area contributed by atoms with Crippen LogP contribution in [0.2, 0.25) is 0 Å². The van der Waals surface area contributed by atoms with Crippen LogP contribution in [0, 0.1) is 5.92 Å². The summed E-state index contributed by atoms with van der Waals surface area (Å²) in [6, 6.07) is 5.76. The summed E-state index contributed by atoms with van der Waals surface area (Å²) >= 11 is 0. The van der Waals surface area contributed by atoms with Crippen LogP contribution in [-0.4, -0.2) is 50.7 Å². The molecule has 1 saturated carbocycles. The van der Waals surface area contributed by atoms with Gasteiger partial charge in [0.1, 0.15) is 0 Å². The van der Waals surface area contributed by atoms with Gasteiger partial charge in [-0.25, -0.2) is 0 Å². The molecule has 1 saturated heterocycles. The van der Waals surface area contributed by atoms with Crippen molar-refractivity contribution in [3.63, 3.8) is 0 Å². The number of likely N-dealkylation sites (tertiary alicyclic amines) is 1. The smallest absolute Gasteiger partial charge is 0.311 e. The quantitative estimate of drug-likeness (QED) is 0.584. The molecule has 0 spiro atoms. The van der Waals surface area contributed by atoms with Crippen molar-refractivity contribution >= 4 is 12.4 Å². The van der Waals surface area contributed by atoms with Gasteiger partial charge in [0.15, 0.2) is 11.5 Å². The normalized spacial score (nSPS) is 23.5. The number of methoxy groups -OCH3 is 2. The lowest BCUT2D eigenvalue weighted by atomic mass is 9.89. The lowest BCUT2D eigenvalue weighted by Gasteiger charge is -2.20. The van der Waals surface area contributed by atoms with Gasteiger partial charge in [0, 0.05) is 19.0 Å². The molecule has 6 heteroatoms. The molecule has 1 amide bonds. The molecule has 1 aliphatic heterocycles. The van der Waals surface area contributed by atoms with Crippen LogP contribution in [-0.2, 0) is 14.3 Å². The standard InChI is InChI=1S/C19H25NO5/c1-23-17-8-7-13(9-18(17)25-14-5-3-4-6-14)15-10-20(12-21)11-16(15)19(22)24-2/h7-9,12,14-16H,3-6,10-11H2,1-2H3/t15-,16+/m0/s1. The minimum atomic E-state index is -0.358. The first kappa shape index (κ1) is 17.6. The number of hydrogen-bond donors (Lipinski definition) is 0. The Hall–Kier alpha value is -2.24. The van der Waals surface area contributed by atoms with E-state index in [0.29, 0.717) is 24.6 Å². The van der Waals surface area contributed by atoms with Gasteiger partial charge < -0.3 is 19.1 Å². The fourth-order valence-electron chi connectivity index (χ4n) is 3.85. The van der Waals surface area contributed by atoms with E-state index in [0.717, 1.165) is 24.8 Å². The Morgan fingerprint density at radius 1 is 1.16 bits per heavy atom. The summed E-state index contributed by atoms with van der Waals surface area (Å²) in [5.74, 6) is 0.649. The number of nitrogens with zero attached hydrogens (tertiary/aromatic N) is 1. The first-order valence-electron chi connectivity index (χ1n) is 8.78. The number of rotatable bonds is 6. The number of carbonyl (C=O) groups excluding carboxylic acids is 2. The summed E-state index contributed by atoms with van der Waals surface area (Å²) in [6.45, 7) is 0.879. The summed E-state index contributed by atoms with van der Waals surface area (Å²) in [4.78, 5) is 24.9. The van der Waals surface area contributed by atoms with E-state index >= 15 is 0 Å². The van der Waals surface area contributed by atoms with Gasteiger partial charge in [0.2, 0.25) is 6.41 Å². The summed E-state index contributed by atoms with van der Waals surface area (Å²) in [6.07, 6.45) is 5.49. The summed E-state index contributed by atoms with van der Waals surface area (Å²) in [5, 5.41) is 0. The Balaban J connectivity index is 1.87. The van der Waals surface area contributed by atoms with Crippen LogP contribution in [0.5, 0.6) is 11.5 Å². The molecule has 136 valence electrons. The second kappa shape index (κ2) is 7.76. The van der Waals surface area contributed by atoms with E-state index in [1.54, 1.807) is 12.0 Å². The van der Waals surface area contributed by atoms with E-state index in [1.165, 1.54) is 20.0 Å². The van der Waals surface area contributed by atoms with Gasteiger partial charge in [0.05, 0.1) is 26.2 Å². The maximum Gasteiger partial charge on any atom is 0.311 e. The molecule has 0 bridgehead atoms. The Morgan fingerprint density at radius 3 is 2.56 bits per heavy atom. The van der Waals surface area contributed by atoms with Gasteiger partial charge in [0.25, 0.3) is 0 Å².